The normalized spacial score (nSPS) is 20.5. The molecule has 0 aromatic heterocycles. The van der Waals surface area contributed by atoms with Crippen LogP contribution in [0, 0.1) is 5.82 Å². The Kier molecular flexibility index (Phi) is 8.38. The molecule has 2 rings (SSSR count). The van der Waals surface area contributed by atoms with Crippen LogP contribution in [0.2, 0.25) is 0 Å². The van der Waals surface area contributed by atoms with Gasteiger partial charge in [-0.15, -0.1) is 0 Å². The molecule has 2 unspecified atom stereocenters. The first-order valence-electron chi connectivity index (χ1n) is 10.0. The minimum atomic E-state index is -1.03. The van der Waals surface area contributed by atoms with E-state index in [0.717, 1.165) is 30.6 Å². The molecule has 0 aliphatic carbocycles. The van der Waals surface area contributed by atoms with Crippen LogP contribution in [0.4, 0.5) is 9.18 Å². The summed E-state index contributed by atoms with van der Waals surface area (Å²) in [7, 11) is 0. The summed E-state index contributed by atoms with van der Waals surface area (Å²) < 4.78 is 18.9. The number of rotatable bonds is 12. The molecule has 1 aliphatic heterocycles. The minimum absolute atomic E-state index is 0.0132. The highest BCUT2D eigenvalue weighted by molar-refractivity contribution is 6.06. The number of nitrogens with one attached hydrogen (secondary N) is 1. The monoisotopic (exact) mass is 394 g/mol. The lowest BCUT2D eigenvalue weighted by molar-refractivity contribution is -0.132. The summed E-state index contributed by atoms with van der Waals surface area (Å²) in [4.78, 5) is 25.9. The van der Waals surface area contributed by atoms with Gasteiger partial charge in [0, 0.05) is 5.56 Å². The highest BCUT2D eigenvalue weighted by atomic mass is 19.1. The van der Waals surface area contributed by atoms with Crippen LogP contribution in [0.3, 0.4) is 0 Å². The first-order valence-corrected chi connectivity index (χ1v) is 10.0. The summed E-state index contributed by atoms with van der Waals surface area (Å²) >= 11 is 0. The molecule has 1 aromatic rings. The molecule has 2 atom stereocenters. The number of aliphatic hydroxyl groups is 1. The molecule has 3 amide bonds. The number of amides is 3. The van der Waals surface area contributed by atoms with Crippen molar-refractivity contribution in [2.45, 2.75) is 70.6 Å². The van der Waals surface area contributed by atoms with Crippen LogP contribution in [0.5, 0.6) is 0 Å². The summed E-state index contributed by atoms with van der Waals surface area (Å²) in [6.45, 7) is 3.64. The van der Waals surface area contributed by atoms with Gasteiger partial charge in [0.2, 0.25) is 0 Å². The predicted molar refractivity (Wildman–Crippen MR) is 104 cm³/mol. The number of hydrogen-bond acceptors (Lipinski definition) is 4. The topological polar surface area (TPSA) is 78.9 Å². The van der Waals surface area contributed by atoms with Gasteiger partial charge in [0.25, 0.3) is 5.91 Å². The van der Waals surface area contributed by atoms with Gasteiger partial charge in [-0.05, 0) is 19.4 Å². The number of β-amino-alcohol motifs (C(OH)–C–C–N with tert-alkyl or cyclic N) is 1. The number of aliphatic hydroxyl groups excluding tert-OH is 1. The Bertz CT molecular complexity index is 670. The molecule has 2 N–H and O–H groups in total. The maximum Gasteiger partial charge on any atom is 0.325 e. The molecule has 1 heterocycles. The second kappa shape index (κ2) is 10.5. The maximum absolute atomic E-state index is 13.6. The van der Waals surface area contributed by atoms with Crippen molar-refractivity contribution in [3.05, 3.63) is 35.6 Å². The van der Waals surface area contributed by atoms with Crippen LogP contribution in [-0.2, 0) is 16.1 Å². The molecule has 156 valence electrons. The van der Waals surface area contributed by atoms with Crippen LogP contribution in [0.25, 0.3) is 0 Å². The molecular weight excluding hydrogens is 363 g/mol. The molecule has 28 heavy (non-hydrogen) atoms. The third-order valence-electron chi connectivity index (χ3n) is 5.04. The van der Waals surface area contributed by atoms with E-state index in [0.29, 0.717) is 12.0 Å². The number of carbonyl (C=O) groups excluding carboxylic acids is 2. The van der Waals surface area contributed by atoms with E-state index in [9.17, 15) is 19.1 Å². The Labute approximate surface area is 166 Å². The molecule has 1 fully saturated rings. The molecule has 7 heteroatoms. The third-order valence-corrected chi connectivity index (χ3v) is 5.04. The Hall–Kier alpha value is -1.99. The fourth-order valence-corrected chi connectivity index (χ4v) is 3.35. The van der Waals surface area contributed by atoms with Gasteiger partial charge in [-0.3, -0.25) is 9.69 Å². The second-order valence-corrected chi connectivity index (χ2v) is 7.60. The van der Waals surface area contributed by atoms with Gasteiger partial charge < -0.3 is 15.2 Å². The fourth-order valence-electron chi connectivity index (χ4n) is 3.35. The van der Waals surface area contributed by atoms with Crippen molar-refractivity contribution in [1.29, 1.82) is 0 Å². The number of urea groups is 1. The summed E-state index contributed by atoms with van der Waals surface area (Å²) in [6, 6.07) is 5.74. The zero-order valence-electron chi connectivity index (χ0n) is 16.7. The lowest BCUT2D eigenvalue weighted by atomic mass is 9.94. The van der Waals surface area contributed by atoms with Gasteiger partial charge in [0.1, 0.15) is 11.4 Å². The Morgan fingerprint density at radius 1 is 1.21 bits per heavy atom. The van der Waals surface area contributed by atoms with E-state index in [1.807, 2.05) is 0 Å². The van der Waals surface area contributed by atoms with Crippen LogP contribution in [0.15, 0.2) is 24.3 Å². The molecule has 0 saturated carbocycles. The van der Waals surface area contributed by atoms with Crippen molar-refractivity contribution in [1.82, 2.24) is 10.2 Å². The van der Waals surface area contributed by atoms with Gasteiger partial charge in [-0.1, -0.05) is 57.2 Å². The third kappa shape index (κ3) is 6.01. The van der Waals surface area contributed by atoms with Crippen molar-refractivity contribution in [2.75, 3.05) is 13.2 Å². The van der Waals surface area contributed by atoms with Crippen molar-refractivity contribution in [3.8, 4) is 0 Å². The van der Waals surface area contributed by atoms with Crippen LogP contribution < -0.4 is 5.32 Å². The molecule has 0 bridgehead atoms. The number of ether oxygens (including phenoxy) is 1. The Morgan fingerprint density at radius 3 is 2.64 bits per heavy atom. The van der Waals surface area contributed by atoms with E-state index in [1.54, 1.807) is 25.1 Å². The minimum Gasteiger partial charge on any atom is -0.389 e. The van der Waals surface area contributed by atoms with E-state index in [4.69, 9.17) is 4.74 Å². The number of nitrogens with zero attached hydrogens (tertiary/aromatic N) is 1. The predicted octanol–water partition coefficient (Wildman–Crippen LogP) is 3.37. The van der Waals surface area contributed by atoms with Crippen molar-refractivity contribution >= 4 is 11.9 Å². The van der Waals surface area contributed by atoms with Crippen molar-refractivity contribution < 1.29 is 23.8 Å². The van der Waals surface area contributed by atoms with Gasteiger partial charge in [0.05, 0.1) is 25.9 Å². The standard InChI is InChI=1S/C21H31FN2O4/c1-3-4-5-6-9-12-21(2)19(26)24(20(27)23-21)13-17(25)15-28-14-16-10-7-8-11-18(16)22/h7-8,10-11,17,25H,3-6,9,12-15H2,1-2H3,(H,23,27). The molecule has 6 nitrogen and oxygen atoms in total. The highest BCUT2D eigenvalue weighted by Gasteiger charge is 2.47. The van der Waals surface area contributed by atoms with Gasteiger partial charge in [-0.2, -0.15) is 0 Å². The van der Waals surface area contributed by atoms with Crippen LogP contribution in [-0.4, -0.2) is 46.7 Å². The van der Waals surface area contributed by atoms with Crippen LogP contribution in [0.1, 0.15) is 57.9 Å². The molecular formula is C21H31FN2O4. The number of imide groups is 1. The van der Waals surface area contributed by atoms with Gasteiger partial charge in [0.15, 0.2) is 0 Å². The zero-order chi connectivity index (χ0) is 20.6. The average Bonchev–Trinajstić information content (AvgIpc) is 2.86. The summed E-state index contributed by atoms with van der Waals surface area (Å²) in [5, 5.41) is 12.9. The molecule has 1 aromatic carbocycles. The first kappa shape index (κ1) is 22.3. The largest absolute Gasteiger partial charge is 0.389 e. The lowest BCUT2D eigenvalue weighted by Crippen LogP contribution is -2.44. The quantitative estimate of drug-likeness (QED) is 0.421. The Morgan fingerprint density at radius 2 is 1.93 bits per heavy atom. The van der Waals surface area contributed by atoms with Gasteiger partial charge in [-0.25, -0.2) is 9.18 Å². The van der Waals surface area contributed by atoms with Crippen LogP contribution >= 0.6 is 0 Å². The van der Waals surface area contributed by atoms with Crippen molar-refractivity contribution in [2.24, 2.45) is 0 Å². The molecule has 0 spiro atoms. The summed E-state index contributed by atoms with van der Waals surface area (Å²) in [5.41, 5.74) is -0.530. The summed E-state index contributed by atoms with van der Waals surface area (Å²) in [5.74, 6) is -0.693. The molecule has 0 radical (unpaired) electrons. The smallest absolute Gasteiger partial charge is 0.325 e. The number of benzene rings is 1. The molecule has 1 saturated heterocycles. The molecule has 1 aliphatic rings. The number of hydrogen-bond donors (Lipinski definition) is 2. The number of carbonyl (C=O) groups is 2. The number of halogens is 1. The van der Waals surface area contributed by atoms with E-state index in [1.165, 1.54) is 12.5 Å². The van der Waals surface area contributed by atoms with E-state index < -0.39 is 17.7 Å². The van der Waals surface area contributed by atoms with Gasteiger partial charge >= 0.3 is 6.03 Å². The van der Waals surface area contributed by atoms with E-state index in [2.05, 4.69) is 12.2 Å². The fraction of sp³-hybridized carbons (Fsp3) is 0.619. The average molecular weight is 394 g/mol. The highest BCUT2D eigenvalue weighted by Crippen LogP contribution is 2.24. The second-order valence-electron chi connectivity index (χ2n) is 7.60. The first-order chi connectivity index (χ1) is 13.4. The summed E-state index contributed by atoms with van der Waals surface area (Å²) in [6.07, 6.45) is 4.88. The van der Waals surface area contributed by atoms with Crippen molar-refractivity contribution in [3.63, 3.8) is 0 Å². The Balaban J connectivity index is 1.78. The zero-order valence-corrected chi connectivity index (χ0v) is 16.7. The maximum atomic E-state index is 13.6. The lowest BCUT2D eigenvalue weighted by Gasteiger charge is -2.22. The SMILES string of the molecule is CCCCCCCC1(C)NC(=O)N(CC(O)COCc2ccccc2F)C1=O. The number of unbranched alkanes of at least 4 members (excludes halogenated alkanes) is 4. The van der Waals surface area contributed by atoms with E-state index >= 15 is 0 Å². The van der Waals surface area contributed by atoms with E-state index in [-0.39, 0.29) is 31.5 Å².